The molecule has 0 unspecified atom stereocenters. The standard InChI is InChI=1S/C13H25N5O/c1-6-7-9-10(14)11(17-16-9)12(19)15-8-13(2,3)18(4)5/h6-8,14H2,1-5H3,(H,15,19)(H,16,17). The number of aromatic nitrogens is 2. The molecule has 1 heterocycles. The Morgan fingerprint density at radius 2 is 2.11 bits per heavy atom. The Labute approximate surface area is 114 Å². The molecule has 0 fully saturated rings. The molecule has 4 N–H and O–H groups in total. The second-order valence-corrected chi connectivity index (χ2v) is 5.60. The van der Waals surface area contributed by atoms with E-state index in [4.69, 9.17) is 5.73 Å². The number of nitrogens with zero attached hydrogens (tertiary/aromatic N) is 2. The van der Waals surface area contributed by atoms with Crippen molar-refractivity contribution in [3.05, 3.63) is 11.4 Å². The average Bonchev–Trinajstić information content (AvgIpc) is 2.69. The average molecular weight is 267 g/mol. The van der Waals surface area contributed by atoms with Crippen molar-refractivity contribution in [2.45, 2.75) is 39.2 Å². The first kappa shape index (κ1) is 15.5. The third-order valence-corrected chi connectivity index (χ3v) is 3.49. The number of carbonyl (C=O) groups is 1. The number of hydrogen-bond acceptors (Lipinski definition) is 4. The summed E-state index contributed by atoms with van der Waals surface area (Å²) in [5.74, 6) is -0.231. The number of carbonyl (C=O) groups excluding carboxylic acids is 1. The first-order valence-corrected chi connectivity index (χ1v) is 6.58. The highest BCUT2D eigenvalue weighted by Crippen LogP contribution is 2.16. The molecule has 6 nitrogen and oxygen atoms in total. The van der Waals surface area contributed by atoms with Crippen LogP contribution in [0.1, 0.15) is 43.4 Å². The number of nitrogens with two attached hydrogens (primary N) is 1. The smallest absolute Gasteiger partial charge is 0.274 e. The van der Waals surface area contributed by atoms with Crippen molar-refractivity contribution in [1.29, 1.82) is 0 Å². The summed E-state index contributed by atoms with van der Waals surface area (Å²) in [6.07, 6.45) is 1.76. The summed E-state index contributed by atoms with van der Waals surface area (Å²) in [5.41, 5.74) is 7.39. The molecule has 0 bridgehead atoms. The fraction of sp³-hybridized carbons (Fsp3) is 0.692. The fourth-order valence-corrected chi connectivity index (χ4v) is 1.54. The van der Waals surface area contributed by atoms with Crippen LogP contribution in [0.2, 0.25) is 0 Å². The molecule has 1 amide bonds. The Kier molecular flexibility index (Phi) is 4.94. The van der Waals surface area contributed by atoms with Crippen LogP contribution in [0.5, 0.6) is 0 Å². The number of aryl methyl sites for hydroxylation is 1. The van der Waals surface area contributed by atoms with Gasteiger partial charge in [0.15, 0.2) is 5.69 Å². The van der Waals surface area contributed by atoms with Gasteiger partial charge in [-0.1, -0.05) is 13.3 Å². The fourth-order valence-electron chi connectivity index (χ4n) is 1.54. The maximum atomic E-state index is 12.1. The van der Waals surface area contributed by atoms with E-state index in [9.17, 15) is 4.79 Å². The van der Waals surface area contributed by atoms with Gasteiger partial charge < -0.3 is 16.0 Å². The molecule has 0 spiro atoms. The third kappa shape index (κ3) is 3.70. The number of nitrogen functional groups attached to an aromatic ring is 1. The molecular formula is C13H25N5O. The zero-order valence-corrected chi connectivity index (χ0v) is 12.5. The highest BCUT2D eigenvalue weighted by Gasteiger charge is 2.23. The molecule has 0 aromatic carbocycles. The molecule has 1 aromatic heterocycles. The van der Waals surface area contributed by atoms with Crippen LogP contribution in [0.4, 0.5) is 5.69 Å². The van der Waals surface area contributed by atoms with Crippen molar-refractivity contribution in [2.24, 2.45) is 0 Å². The molecule has 0 atom stereocenters. The maximum absolute atomic E-state index is 12.1. The molecule has 0 saturated heterocycles. The van der Waals surface area contributed by atoms with E-state index in [-0.39, 0.29) is 17.1 Å². The number of rotatable bonds is 6. The molecule has 1 aromatic rings. The van der Waals surface area contributed by atoms with Crippen molar-refractivity contribution >= 4 is 11.6 Å². The van der Waals surface area contributed by atoms with Gasteiger partial charge in [0.05, 0.1) is 11.4 Å². The summed E-state index contributed by atoms with van der Waals surface area (Å²) in [6, 6.07) is 0. The van der Waals surface area contributed by atoms with Gasteiger partial charge in [-0.2, -0.15) is 5.10 Å². The molecule has 6 heteroatoms. The minimum Gasteiger partial charge on any atom is -0.395 e. The molecular weight excluding hydrogens is 242 g/mol. The van der Waals surface area contributed by atoms with Crippen molar-refractivity contribution in [1.82, 2.24) is 20.4 Å². The van der Waals surface area contributed by atoms with E-state index in [1.165, 1.54) is 0 Å². The van der Waals surface area contributed by atoms with Gasteiger partial charge in [-0.25, -0.2) is 0 Å². The highest BCUT2D eigenvalue weighted by molar-refractivity contribution is 5.97. The van der Waals surface area contributed by atoms with Crippen LogP contribution >= 0.6 is 0 Å². The number of amides is 1. The van der Waals surface area contributed by atoms with E-state index in [0.29, 0.717) is 12.2 Å². The van der Waals surface area contributed by atoms with E-state index in [0.717, 1.165) is 18.5 Å². The quantitative estimate of drug-likeness (QED) is 0.718. The molecule has 1 rings (SSSR count). The van der Waals surface area contributed by atoms with Gasteiger partial charge in [0.25, 0.3) is 5.91 Å². The summed E-state index contributed by atoms with van der Waals surface area (Å²) in [4.78, 5) is 14.1. The Balaban J connectivity index is 2.69. The van der Waals surface area contributed by atoms with E-state index < -0.39 is 0 Å². The Morgan fingerprint density at radius 1 is 1.47 bits per heavy atom. The Morgan fingerprint density at radius 3 is 2.63 bits per heavy atom. The van der Waals surface area contributed by atoms with Crippen molar-refractivity contribution in [3.8, 4) is 0 Å². The van der Waals surface area contributed by atoms with E-state index in [2.05, 4.69) is 41.2 Å². The normalized spacial score (nSPS) is 11.9. The molecule has 19 heavy (non-hydrogen) atoms. The van der Waals surface area contributed by atoms with Gasteiger partial charge in [-0.05, 0) is 34.4 Å². The van der Waals surface area contributed by atoms with Crippen LogP contribution in [0.15, 0.2) is 0 Å². The first-order valence-electron chi connectivity index (χ1n) is 6.58. The van der Waals surface area contributed by atoms with Gasteiger partial charge in [-0.15, -0.1) is 0 Å². The molecule has 0 aliphatic heterocycles. The molecule has 0 radical (unpaired) electrons. The Hall–Kier alpha value is -1.56. The summed E-state index contributed by atoms with van der Waals surface area (Å²) in [7, 11) is 3.96. The van der Waals surface area contributed by atoms with Crippen LogP contribution in [-0.4, -0.2) is 47.2 Å². The molecule has 0 aliphatic rings. The monoisotopic (exact) mass is 267 g/mol. The first-order chi connectivity index (χ1) is 8.79. The lowest BCUT2D eigenvalue weighted by molar-refractivity contribution is 0.0915. The van der Waals surface area contributed by atoms with Crippen LogP contribution in [-0.2, 0) is 6.42 Å². The number of hydrogen-bond donors (Lipinski definition) is 3. The summed E-state index contributed by atoms with van der Waals surface area (Å²) in [6.45, 7) is 6.71. The number of nitrogens with one attached hydrogen (secondary N) is 2. The van der Waals surface area contributed by atoms with Crippen LogP contribution in [0, 0.1) is 0 Å². The van der Waals surface area contributed by atoms with E-state index >= 15 is 0 Å². The Bertz CT molecular complexity index is 436. The lowest BCUT2D eigenvalue weighted by Gasteiger charge is -2.32. The zero-order valence-electron chi connectivity index (χ0n) is 12.5. The van der Waals surface area contributed by atoms with Gasteiger partial charge in [0.1, 0.15) is 0 Å². The summed E-state index contributed by atoms with van der Waals surface area (Å²) < 4.78 is 0. The second-order valence-electron chi connectivity index (χ2n) is 5.60. The highest BCUT2D eigenvalue weighted by atomic mass is 16.2. The maximum Gasteiger partial charge on any atom is 0.274 e. The van der Waals surface area contributed by atoms with Crippen molar-refractivity contribution < 1.29 is 4.79 Å². The predicted molar refractivity (Wildman–Crippen MR) is 77.1 cm³/mol. The predicted octanol–water partition coefficient (Wildman–Crippen LogP) is 1.01. The number of likely N-dealkylation sites (N-methyl/N-ethyl adjacent to an activating group) is 1. The minimum absolute atomic E-state index is 0.118. The number of aromatic amines is 1. The van der Waals surface area contributed by atoms with Gasteiger partial charge in [0.2, 0.25) is 0 Å². The third-order valence-electron chi connectivity index (χ3n) is 3.49. The van der Waals surface area contributed by atoms with Gasteiger partial charge in [-0.3, -0.25) is 9.89 Å². The largest absolute Gasteiger partial charge is 0.395 e. The lowest BCUT2D eigenvalue weighted by Crippen LogP contribution is -2.48. The second kappa shape index (κ2) is 6.06. The zero-order chi connectivity index (χ0) is 14.6. The van der Waals surface area contributed by atoms with Crippen LogP contribution in [0.3, 0.4) is 0 Å². The van der Waals surface area contributed by atoms with Gasteiger partial charge in [0, 0.05) is 12.1 Å². The van der Waals surface area contributed by atoms with Crippen LogP contribution < -0.4 is 11.1 Å². The van der Waals surface area contributed by atoms with Crippen LogP contribution in [0.25, 0.3) is 0 Å². The number of anilines is 1. The summed E-state index contributed by atoms with van der Waals surface area (Å²) in [5, 5.41) is 9.71. The van der Waals surface area contributed by atoms with E-state index in [1.54, 1.807) is 0 Å². The number of H-pyrrole nitrogens is 1. The van der Waals surface area contributed by atoms with E-state index in [1.807, 2.05) is 14.1 Å². The SMILES string of the molecule is CCCc1[nH]nc(C(=O)NCC(C)(C)N(C)C)c1N. The van der Waals surface area contributed by atoms with Crippen molar-refractivity contribution in [3.63, 3.8) is 0 Å². The molecule has 0 aliphatic carbocycles. The lowest BCUT2D eigenvalue weighted by atomic mass is 10.0. The summed E-state index contributed by atoms with van der Waals surface area (Å²) >= 11 is 0. The topological polar surface area (TPSA) is 87.0 Å². The minimum atomic E-state index is -0.231. The molecule has 108 valence electrons. The van der Waals surface area contributed by atoms with Crippen molar-refractivity contribution in [2.75, 3.05) is 26.4 Å². The molecule has 0 saturated carbocycles. The van der Waals surface area contributed by atoms with Gasteiger partial charge >= 0.3 is 0 Å².